The van der Waals surface area contributed by atoms with Crippen LogP contribution in [0.5, 0.6) is 0 Å². The molecule has 2 unspecified atom stereocenters. The lowest BCUT2D eigenvalue weighted by Crippen LogP contribution is -2.30. The Morgan fingerprint density at radius 1 is 0.286 bits per heavy atom. The molecule has 0 aromatic heterocycles. The standard InChI is InChI=1S/C65H126O17P2/c1-5-9-13-17-21-24-27-29-31-33-36-40-44-48-52-65(70)82-61(56-76-63(68)50-46-42-38-35-32-30-28-25-22-18-14-10-6-2)58-80-84(73,74)78-54-59(66)53-77-83(71,72)79-57-60(55-75-62(67)49-45-41-37-20-16-12-8-4)81-64(69)51-47-43-39-34-26-23-19-15-11-7-3/h59-61,66H,5-58H2,1-4H3,(H,71,72)(H,73,74)/t59-,60+,61+/m0/s1. The van der Waals surface area contributed by atoms with E-state index in [0.717, 1.165) is 103 Å². The zero-order valence-corrected chi connectivity index (χ0v) is 55.7. The van der Waals surface area contributed by atoms with Crippen LogP contribution >= 0.6 is 15.6 Å². The SMILES string of the molecule is CCCCCCCCCCCCCCCCC(=O)O[C@H](COC(=O)CCCCCCCCCCCCCCC)COP(=O)(O)OC[C@@H](O)COP(=O)(O)OC[C@@H](COC(=O)CCCCCCCCC)OC(=O)CCCCCCCCCCCC. The van der Waals surface area contributed by atoms with Gasteiger partial charge in [0, 0.05) is 25.7 Å². The van der Waals surface area contributed by atoms with Crippen LogP contribution < -0.4 is 0 Å². The summed E-state index contributed by atoms with van der Waals surface area (Å²) in [6.07, 6.45) is 45.8. The van der Waals surface area contributed by atoms with Gasteiger partial charge in [-0.05, 0) is 25.7 Å². The molecule has 498 valence electrons. The van der Waals surface area contributed by atoms with Gasteiger partial charge in [0.05, 0.1) is 26.4 Å². The fourth-order valence-electron chi connectivity index (χ4n) is 9.81. The van der Waals surface area contributed by atoms with Crippen LogP contribution in [0.4, 0.5) is 0 Å². The minimum absolute atomic E-state index is 0.106. The highest BCUT2D eigenvalue weighted by molar-refractivity contribution is 7.47. The van der Waals surface area contributed by atoms with Crippen molar-refractivity contribution in [3.63, 3.8) is 0 Å². The Morgan fingerprint density at radius 2 is 0.476 bits per heavy atom. The molecular weight excluding hydrogens is 1110 g/mol. The van der Waals surface area contributed by atoms with Gasteiger partial charge in [0.1, 0.15) is 19.3 Å². The molecule has 0 saturated heterocycles. The summed E-state index contributed by atoms with van der Waals surface area (Å²) in [6, 6.07) is 0. The molecule has 19 heteroatoms. The van der Waals surface area contributed by atoms with Gasteiger partial charge in [-0.2, -0.15) is 0 Å². The van der Waals surface area contributed by atoms with E-state index in [-0.39, 0.29) is 25.7 Å². The Morgan fingerprint density at radius 3 is 0.702 bits per heavy atom. The van der Waals surface area contributed by atoms with E-state index in [2.05, 4.69) is 27.7 Å². The molecule has 5 atom stereocenters. The fourth-order valence-corrected chi connectivity index (χ4v) is 11.4. The maximum atomic E-state index is 13.0. The van der Waals surface area contributed by atoms with Gasteiger partial charge in [0.2, 0.25) is 0 Å². The number of ether oxygens (including phenoxy) is 4. The van der Waals surface area contributed by atoms with E-state index >= 15 is 0 Å². The highest BCUT2D eigenvalue weighted by Crippen LogP contribution is 2.45. The van der Waals surface area contributed by atoms with Crippen molar-refractivity contribution < 1.29 is 80.2 Å². The number of carbonyl (C=O) groups excluding carboxylic acids is 4. The maximum Gasteiger partial charge on any atom is 0.472 e. The first-order valence-electron chi connectivity index (χ1n) is 34.3. The number of unbranched alkanes of at least 4 members (excludes halogenated alkanes) is 40. The largest absolute Gasteiger partial charge is 0.472 e. The molecule has 0 aliphatic rings. The molecular formula is C65H126O17P2. The quantitative estimate of drug-likeness (QED) is 0.0222. The van der Waals surface area contributed by atoms with Crippen molar-refractivity contribution >= 4 is 39.5 Å². The van der Waals surface area contributed by atoms with Gasteiger partial charge < -0.3 is 33.8 Å². The van der Waals surface area contributed by atoms with Gasteiger partial charge in [-0.15, -0.1) is 0 Å². The van der Waals surface area contributed by atoms with Crippen LogP contribution in [0, 0.1) is 0 Å². The fraction of sp³-hybridized carbons (Fsp3) is 0.938. The highest BCUT2D eigenvalue weighted by Gasteiger charge is 2.30. The summed E-state index contributed by atoms with van der Waals surface area (Å²) in [5, 5.41) is 10.5. The molecule has 0 aliphatic heterocycles. The van der Waals surface area contributed by atoms with Gasteiger partial charge in [-0.3, -0.25) is 37.3 Å². The Balaban J connectivity index is 5.20. The number of aliphatic hydroxyl groups is 1. The van der Waals surface area contributed by atoms with Crippen molar-refractivity contribution in [3.05, 3.63) is 0 Å². The third kappa shape index (κ3) is 59.0. The number of hydrogen-bond donors (Lipinski definition) is 3. The van der Waals surface area contributed by atoms with E-state index < -0.39 is 97.5 Å². The lowest BCUT2D eigenvalue weighted by atomic mass is 10.0. The Hall–Kier alpha value is -1.94. The van der Waals surface area contributed by atoms with Gasteiger partial charge in [0.15, 0.2) is 12.2 Å². The number of phosphoric acid groups is 2. The number of rotatable bonds is 66. The number of aliphatic hydroxyl groups excluding tert-OH is 1. The first-order valence-corrected chi connectivity index (χ1v) is 37.3. The molecule has 0 aliphatic carbocycles. The van der Waals surface area contributed by atoms with Gasteiger partial charge in [-0.25, -0.2) is 9.13 Å². The van der Waals surface area contributed by atoms with Crippen molar-refractivity contribution in [1.82, 2.24) is 0 Å². The molecule has 0 rings (SSSR count). The minimum atomic E-state index is -4.94. The van der Waals surface area contributed by atoms with Crippen LogP contribution in [0.3, 0.4) is 0 Å². The molecule has 0 aromatic rings. The summed E-state index contributed by atoms with van der Waals surface area (Å²) in [5.41, 5.74) is 0. The molecule has 84 heavy (non-hydrogen) atoms. The van der Waals surface area contributed by atoms with E-state index in [0.29, 0.717) is 25.7 Å². The minimum Gasteiger partial charge on any atom is -0.462 e. The third-order valence-electron chi connectivity index (χ3n) is 15.1. The van der Waals surface area contributed by atoms with Crippen LogP contribution in [-0.4, -0.2) is 96.7 Å². The van der Waals surface area contributed by atoms with E-state index in [9.17, 15) is 43.2 Å². The summed E-state index contributed by atoms with van der Waals surface area (Å²) in [5.74, 6) is -2.13. The van der Waals surface area contributed by atoms with Crippen LogP contribution in [-0.2, 0) is 65.4 Å². The van der Waals surface area contributed by atoms with Crippen molar-refractivity contribution in [2.45, 2.75) is 354 Å². The van der Waals surface area contributed by atoms with E-state index in [4.69, 9.17) is 37.0 Å². The molecule has 0 radical (unpaired) electrons. The topological polar surface area (TPSA) is 237 Å². The van der Waals surface area contributed by atoms with Crippen LogP contribution in [0.2, 0.25) is 0 Å². The molecule has 0 heterocycles. The smallest absolute Gasteiger partial charge is 0.462 e. The van der Waals surface area contributed by atoms with Crippen LogP contribution in [0.15, 0.2) is 0 Å². The Bertz CT molecular complexity index is 1620. The van der Waals surface area contributed by atoms with Gasteiger partial charge in [-0.1, -0.05) is 285 Å². The Labute approximate surface area is 511 Å². The normalized spacial score (nSPS) is 14.1. The van der Waals surface area contributed by atoms with E-state index in [1.54, 1.807) is 0 Å². The monoisotopic (exact) mass is 1240 g/mol. The maximum absolute atomic E-state index is 13.0. The van der Waals surface area contributed by atoms with Crippen molar-refractivity contribution in [2.75, 3.05) is 39.6 Å². The highest BCUT2D eigenvalue weighted by atomic mass is 31.2. The van der Waals surface area contributed by atoms with E-state index in [1.165, 1.54) is 154 Å². The molecule has 0 amide bonds. The summed E-state index contributed by atoms with van der Waals surface area (Å²) >= 11 is 0. The second-order valence-corrected chi connectivity index (χ2v) is 26.4. The first kappa shape index (κ1) is 82.1. The second kappa shape index (κ2) is 60.0. The molecule has 0 aromatic carbocycles. The number of esters is 4. The average Bonchev–Trinajstić information content (AvgIpc) is 3.54. The Kier molecular flexibility index (Phi) is 58.6. The van der Waals surface area contributed by atoms with Crippen LogP contribution in [0.25, 0.3) is 0 Å². The number of carbonyl (C=O) groups is 4. The van der Waals surface area contributed by atoms with Crippen molar-refractivity contribution in [1.29, 1.82) is 0 Å². The zero-order chi connectivity index (χ0) is 61.9. The summed E-state index contributed by atoms with van der Waals surface area (Å²) in [7, 11) is -9.88. The van der Waals surface area contributed by atoms with E-state index in [1.807, 2.05) is 0 Å². The predicted octanol–water partition coefficient (Wildman–Crippen LogP) is 18.3. The molecule has 0 bridgehead atoms. The number of hydrogen-bond acceptors (Lipinski definition) is 15. The average molecular weight is 1240 g/mol. The molecule has 0 saturated carbocycles. The van der Waals surface area contributed by atoms with Gasteiger partial charge in [0.25, 0.3) is 0 Å². The molecule has 3 N–H and O–H groups in total. The van der Waals surface area contributed by atoms with Crippen molar-refractivity contribution in [3.8, 4) is 0 Å². The molecule has 17 nitrogen and oxygen atoms in total. The third-order valence-corrected chi connectivity index (χ3v) is 17.0. The molecule has 0 fully saturated rings. The summed E-state index contributed by atoms with van der Waals surface area (Å²) < 4.78 is 68.0. The van der Waals surface area contributed by atoms with Gasteiger partial charge >= 0.3 is 39.5 Å². The second-order valence-electron chi connectivity index (χ2n) is 23.5. The van der Waals surface area contributed by atoms with Crippen LogP contribution in [0.1, 0.15) is 336 Å². The predicted molar refractivity (Wildman–Crippen MR) is 335 cm³/mol. The summed E-state index contributed by atoms with van der Waals surface area (Å²) in [6.45, 7) is 4.86. The van der Waals surface area contributed by atoms with Crippen molar-refractivity contribution in [2.24, 2.45) is 0 Å². The first-order chi connectivity index (χ1) is 40.7. The molecule has 0 spiro atoms. The summed E-state index contributed by atoms with van der Waals surface area (Å²) in [4.78, 5) is 72.1. The number of phosphoric ester groups is 2. The lowest BCUT2D eigenvalue weighted by Gasteiger charge is -2.21. The lowest BCUT2D eigenvalue weighted by molar-refractivity contribution is -0.161. The zero-order valence-electron chi connectivity index (χ0n) is 53.9.